The lowest BCUT2D eigenvalue weighted by Crippen LogP contribution is -2.31. The van der Waals surface area contributed by atoms with Crippen molar-refractivity contribution >= 4 is 21.8 Å². The molecule has 0 rings (SSSR count). The highest BCUT2D eigenvalue weighted by atomic mass is 79.9. The zero-order chi connectivity index (χ0) is 11.2. The maximum atomic E-state index is 11.4. The number of carbonyl (C=O) groups is 1. The summed E-state index contributed by atoms with van der Waals surface area (Å²) in [4.78, 5) is 11.4. The number of carbonyl (C=O) groups excluding carboxylic acids is 1. The van der Waals surface area contributed by atoms with Crippen LogP contribution in [0.5, 0.6) is 0 Å². The van der Waals surface area contributed by atoms with E-state index in [-0.39, 0.29) is 11.3 Å². The van der Waals surface area contributed by atoms with Crippen LogP contribution in [0.25, 0.3) is 0 Å². The van der Waals surface area contributed by atoms with Gasteiger partial charge in [-0.05, 0) is 17.8 Å². The number of hydrogen-bond acceptors (Lipinski definition) is 1. The second-order valence-electron chi connectivity index (χ2n) is 5.12. The Morgan fingerprint density at radius 3 is 2.43 bits per heavy atom. The number of hydrogen-bond donors (Lipinski definition) is 1. The van der Waals surface area contributed by atoms with Crippen LogP contribution in [-0.2, 0) is 4.79 Å². The van der Waals surface area contributed by atoms with E-state index in [1.165, 1.54) is 0 Å². The smallest absolute Gasteiger partial charge is 0.220 e. The fourth-order valence-corrected chi connectivity index (χ4v) is 1.90. The molecule has 0 aliphatic heterocycles. The molecule has 0 spiro atoms. The Morgan fingerprint density at radius 1 is 1.43 bits per heavy atom. The van der Waals surface area contributed by atoms with Crippen molar-refractivity contribution < 1.29 is 4.79 Å². The van der Waals surface area contributed by atoms with E-state index in [1.54, 1.807) is 0 Å². The summed E-state index contributed by atoms with van der Waals surface area (Å²) in [5.41, 5.74) is 0.0861. The molecule has 1 atom stereocenters. The van der Waals surface area contributed by atoms with Gasteiger partial charge in [-0.1, -0.05) is 43.6 Å². The van der Waals surface area contributed by atoms with Crippen LogP contribution in [-0.4, -0.2) is 17.8 Å². The largest absolute Gasteiger partial charge is 0.356 e. The fraction of sp³-hybridized carbons (Fsp3) is 0.909. The third kappa shape index (κ3) is 8.54. The number of halogens is 1. The van der Waals surface area contributed by atoms with Gasteiger partial charge in [-0.3, -0.25) is 4.79 Å². The molecule has 0 aromatic heterocycles. The third-order valence-corrected chi connectivity index (χ3v) is 2.40. The van der Waals surface area contributed by atoms with E-state index in [0.717, 1.165) is 18.3 Å². The summed E-state index contributed by atoms with van der Waals surface area (Å²) in [6.45, 7) is 9.18. The number of nitrogens with one attached hydrogen (secondary N) is 1. The molecule has 0 bridgehead atoms. The van der Waals surface area contributed by atoms with Crippen LogP contribution in [0, 0.1) is 11.3 Å². The van der Waals surface area contributed by atoms with Crippen molar-refractivity contribution in [2.75, 3.05) is 11.9 Å². The zero-order valence-corrected chi connectivity index (χ0v) is 11.3. The van der Waals surface area contributed by atoms with Crippen molar-refractivity contribution in [2.45, 2.75) is 40.5 Å². The van der Waals surface area contributed by atoms with Gasteiger partial charge in [0.15, 0.2) is 0 Å². The monoisotopic (exact) mass is 263 g/mol. The number of alkyl halides is 1. The van der Waals surface area contributed by atoms with Crippen molar-refractivity contribution in [2.24, 2.45) is 11.3 Å². The lowest BCUT2D eigenvalue weighted by atomic mass is 9.92. The summed E-state index contributed by atoms with van der Waals surface area (Å²) >= 11 is 3.39. The molecule has 1 N–H and O–H groups in total. The van der Waals surface area contributed by atoms with Crippen LogP contribution in [0.3, 0.4) is 0 Å². The average Bonchev–Trinajstić information content (AvgIpc) is 1.98. The summed E-state index contributed by atoms with van der Waals surface area (Å²) in [5.74, 6) is 0.720. The van der Waals surface area contributed by atoms with Gasteiger partial charge in [0.2, 0.25) is 5.91 Å². The van der Waals surface area contributed by atoms with Gasteiger partial charge in [-0.25, -0.2) is 0 Å². The minimum absolute atomic E-state index is 0.0861. The van der Waals surface area contributed by atoms with E-state index in [4.69, 9.17) is 0 Å². The van der Waals surface area contributed by atoms with Crippen molar-refractivity contribution in [3.63, 3.8) is 0 Å². The SMILES string of the molecule is CC(CCBr)CNC(=O)CC(C)(C)C. The van der Waals surface area contributed by atoms with Gasteiger partial charge >= 0.3 is 0 Å². The lowest BCUT2D eigenvalue weighted by Gasteiger charge is -2.18. The average molecular weight is 264 g/mol. The fourth-order valence-electron chi connectivity index (χ4n) is 1.12. The molecule has 0 aliphatic rings. The molecule has 2 nitrogen and oxygen atoms in total. The molecule has 0 fully saturated rings. The molecule has 0 heterocycles. The van der Waals surface area contributed by atoms with Gasteiger partial charge in [0.25, 0.3) is 0 Å². The van der Waals surface area contributed by atoms with Crippen molar-refractivity contribution in [3.05, 3.63) is 0 Å². The second kappa shape index (κ2) is 6.44. The van der Waals surface area contributed by atoms with Gasteiger partial charge in [0.05, 0.1) is 0 Å². The van der Waals surface area contributed by atoms with Crippen LogP contribution in [0.1, 0.15) is 40.5 Å². The molecule has 3 heteroatoms. The van der Waals surface area contributed by atoms with E-state index >= 15 is 0 Å². The van der Waals surface area contributed by atoms with Crippen LogP contribution in [0.4, 0.5) is 0 Å². The predicted octanol–water partition coefficient (Wildman–Crippen LogP) is 2.96. The van der Waals surface area contributed by atoms with Gasteiger partial charge in [-0.15, -0.1) is 0 Å². The maximum Gasteiger partial charge on any atom is 0.220 e. The minimum Gasteiger partial charge on any atom is -0.356 e. The molecule has 1 amide bonds. The summed E-state index contributed by atoms with van der Waals surface area (Å²) in [6, 6.07) is 0. The van der Waals surface area contributed by atoms with Gasteiger partial charge in [0, 0.05) is 18.3 Å². The Bertz CT molecular complexity index is 175. The first-order valence-corrected chi connectivity index (χ1v) is 6.30. The molecule has 0 saturated carbocycles. The Kier molecular flexibility index (Phi) is 6.41. The second-order valence-corrected chi connectivity index (χ2v) is 5.92. The zero-order valence-electron chi connectivity index (χ0n) is 9.69. The summed E-state index contributed by atoms with van der Waals surface area (Å²) in [7, 11) is 0. The molecular formula is C11H22BrNO. The quantitative estimate of drug-likeness (QED) is 0.760. The molecule has 0 aromatic carbocycles. The van der Waals surface area contributed by atoms with Crippen molar-refractivity contribution in [3.8, 4) is 0 Å². The summed E-state index contributed by atoms with van der Waals surface area (Å²) in [6.07, 6.45) is 1.71. The van der Waals surface area contributed by atoms with Crippen LogP contribution in [0.2, 0.25) is 0 Å². The van der Waals surface area contributed by atoms with Gasteiger partial charge in [-0.2, -0.15) is 0 Å². The van der Waals surface area contributed by atoms with E-state index < -0.39 is 0 Å². The van der Waals surface area contributed by atoms with Crippen molar-refractivity contribution in [1.29, 1.82) is 0 Å². The molecule has 0 aromatic rings. The summed E-state index contributed by atoms with van der Waals surface area (Å²) in [5, 5.41) is 3.97. The van der Waals surface area contributed by atoms with Crippen LogP contribution < -0.4 is 5.32 Å². The third-order valence-electron chi connectivity index (χ3n) is 1.94. The standard InChI is InChI=1S/C11H22BrNO/c1-9(5-6-12)8-13-10(14)7-11(2,3)4/h9H,5-8H2,1-4H3,(H,13,14). The van der Waals surface area contributed by atoms with E-state index in [2.05, 4.69) is 48.9 Å². The Balaban J connectivity index is 3.64. The molecule has 14 heavy (non-hydrogen) atoms. The highest BCUT2D eigenvalue weighted by Crippen LogP contribution is 2.17. The Hall–Kier alpha value is -0.0500. The van der Waals surface area contributed by atoms with Crippen molar-refractivity contribution in [1.82, 2.24) is 5.32 Å². The molecule has 0 saturated heterocycles. The number of amides is 1. The first kappa shape index (κ1) is 13.9. The van der Waals surface area contributed by atoms with Gasteiger partial charge in [0.1, 0.15) is 0 Å². The molecular weight excluding hydrogens is 242 g/mol. The first-order chi connectivity index (χ1) is 6.35. The molecule has 0 aliphatic carbocycles. The topological polar surface area (TPSA) is 29.1 Å². The lowest BCUT2D eigenvalue weighted by molar-refractivity contribution is -0.122. The Morgan fingerprint density at radius 2 is 2.00 bits per heavy atom. The van der Waals surface area contributed by atoms with E-state index in [0.29, 0.717) is 12.3 Å². The van der Waals surface area contributed by atoms with Crippen LogP contribution in [0.15, 0.2) is 0 Å². The van der Waals surface area contributed by atoms with Gasteiger partial charge < -0.3 is 5.32 Å². The minimum atomic E-state index is 0.0861. The summed E-state index contributed by atoms with van der Waals surface area (Å²) < 4.78 is 0. The predicted molar refractivity (Wildman–Crippen MR) is 64.7 cm³/mol. The van der Waals surface area contributed by atoms with E-state index in [9.17, 15) is 4.79 Å². The Labute approximate surface area is 96.0 Å². The first-order valence-electron chi connectivity index (χ1n) is 5.18. The normalized spacial score (nSPS) is 13.8. The molecule has 0 radical (unpaired) electrons. The van der Waals surface area contributed by atoms with E-state index in [1.807, 2.05) is 0 Å². The highest BCUT2D eigenvalue weighted by molar-refractivity contribution is 9.09. The molecule has 1 unspecified atom stereocenters. The van der Waals surface area contributed by atoms with Crippen LogP contribution >= 0.6 is 15.9 Å². The highest BCUT2D eigenvalue weighted by Gasteiger charge is 2.15. The maximum absolute atomic E-state index is 11.4. The molecule has 84 valence electrons. The number of rotatable bonds is 5.